The van der Waals surface area contributed by atoms with Crippen LogP contribution in [0.15, 0.2) is 29.3 Å². The Morgan fingerprint density at radius 1 is 1.24 bits per heavy atom. The Kier molecular flexibility index (Phi) is 8.08. The summed E-state index contributed by atoms with van der Waals surface area (Å²) >= 11 is 0. The zero-order chi connectivity index (χ0) is 16.8. The van der Waals surface area contributed by atoms with Gasteiger partial charge in [-0.05, 0) is 44.5 Å². The highest BCUT2D eigenvalue weighted by Gasteiger charge is 2.21. The minimum atomic E-state index is -0.0146. The van der Waals surface area contributed by atoms with Crippen LogP contribution in [0, 0.1) is 5.92 Å². The number of hydrogen-bond acceptors (Lipinski definition) is 4. The summed E-state index contributed by atoms with van der Waals surface area (Å²) < 4.78 is 11.7. The Morgan fingerprint density at radius 3 is 2.76 bits per heavy atom. The highest BCUT2D eigenvalue weighted by molar-refractivity contribution is 14.0. The van der Waals surface area contributed by atoms with E-state index in [0.717, 1.165) is 30.5 Å². The zero-order valence-corrected chi connectivity index (χ0v) is 17.4. The van der Waals surface area contributed by atoms with Crippen molar-refractivity contribution >= 4 is 29.9 Å². The van der Waals surface area contributed by atoms with Crippen LogP contribution in [0.25, 0.3) is 0 Å². The maximum absolute atomic E-state index is 5.96. The predicted molar refractivity (Wildman–Crippen MR) is 111 cm³/mol. The number of benzene rings is 1. The average molecular weight is 460 g/mol. The minimum Gasteiger partial charge on any atom is -0.486 e. The third kappa shape index (κ3) is 5.91. The predicted octanol–water partition coefficient (Wildman–Crippen LogP) is 1.95. The molecule has 140 valence electrons. The van der Waals surface area contributed by atoms with E-state index in [0.29, 0.717) is 19.1 Å². The van der Waals surface area contributed by atoms with Gasteiger partial charge in [0.1, 0.15) is 12.7 Å². The van der Waals surface area contributed by atoms with E-state index in [2.05, 4.69) is 27.6 Å². The molecular formula is C18H29IN4O2. The van der Waals surface area contributed by atoms with Crippen LogP contribution >= 0.6 is 24.0 Å². The molecule has 2 aliphatic rings. The summed E-state index contributed by atoms with van der Waals surface area (Å²) in [6, 6.07) is 7.78. The summed E-state index contributed by atoms with van der Waals surface area (Å²) in [7, 11) is 3.99. The molecule has 2 heterocycles. The number of halogens is 1. The third-order valence-corrected chi connectivity index (χ3v) is 4.57. The van der Waals surface area contributed by atoms with Gasteiger partial charge in [-0.2, -0.15) is 0 Å². The molecule has 2 atom stereocenters. The highest BCUT2D eigenvalue weighted by Crippen LogP contribution is 2.30. The summed E-state index contributed by atoms with van der Waals surface area (Å²) in [5, 5.41) is 6.78. The summed E-state index contributed by atoms with van der Waals surface area (Å²) in [5.74, 6) is 3.13. The van der Waals surface area contributed by atoms with Gasteiger partial charge in [0.15, 0.2) is 17.5 Å². The van der Waals surface area contributed by atoms with Gasteiger partial charge in [-0.3, -0.25) is 4.99 Å². The zero-order valence-electron chi connectivity index (χ0n) is 15.0. The maximum atomic E-state index is 5.96. The number of para-hydroxylation sites is 2. The molecule has 1 aromatic rings. The van der Waals surface area contributed by atoms with Crippen molar-refractivity contribution in [2.45, 2.75) is 18.9 Å². The first-order valence-corrected chi connectivity index (χ1v) is 8.76. The van der Waals surface area contributed by atoms with Crippen LogP contribution in [0.1, 0.15) is 12.8 Å². The number of piperidine rings is 1. The Hall–Kier alpha value is -1.22. The van der Waals surface area contributed by atoms with Gasteiger partial charge in [0.25, 0.3) is 0 Å². The Labute approximate surface area is 167 Å². The fraction of sp³-hybridized carbons (Fsp3) is 0.611. The first-order chi connectivity index (χ1) is 11.7. The lowest BCUT2D eigenvalue weighted by Crippen LogP contribution is -2.47. The van der Waals surface area contributed by atoms with E-state index in [-0.39, 0.29) is 30.1 Å². The third-order valence-electron chi connectivity index (χ3n) is 4.57. The van der Waals surface area contributed by atoms with Crippen molar-refractivity contribution in [1.29, 1.82) is 0 Å². The number of aliphatic imine (C=N–C) groups is 1. The van der Waals surface area contributed by atoms with E-state index in [1.54, 1.807) is 7.05 Å². The van der Waals surface area contributed by atoms with E-state index in [1.165, 1.54) is 19.4 Å². The van der Waals surface area contributed by atoms with Crippen LogP contribution in [-0.2, 0) is 0 Å². The molecule has 1 saturated heterocycles. The number of fused-ring (bicyclic) bond motifs is 1. The van der Waals surface area contributed by atoms with E-state index < -0.39 is 0 Å². The normalized spacial score (nSPS) is 23.5. The molecule has 0 aliphatic carbocycles. The monoisotopic (exact) mass is 460 g/mol. The molecule has 0 amide bonds. The van der Waals surface area contributed by atoms with Gasteiger partial charge in [-0.25, -0.2) is 0 Å². The van der Waals surface area contributed by atoms with Crippen molar-refractivity contribution in [2.24, 2.45) is 10.9 Å². The first-order valence-electron chi connectivity index (χ1n) is 8.76. The number of nitrogens with zero attached hydrogens (tertiary/aromatic N) is 2. The molecule has 0 aromatic heterocycles. The van der Waals surface area contributed by atoms with Gasteiger partial charge in [-0.1, -0.05) is 12.1 Å². The molecule has 3 rings (SSSR count). The van der Waals surface area contributed by atoms with E-state index in [4.69, 9.17) is 9.47 Å². The molecule has 25 heavy (non-hydrogen) atoms. The van der Waals surface area contributed by atoms with E-state index >= 15 is 0 Å². The van der Waals surface area contributed by atoms with Crippen LogP contribution in [0.2, 0.25) is 0 Å². The second kappa shape index (κ2) is 10.1. The Balaban J connectivity index is 0.00000225. The molecule has 1 aromatic carbocycles. The number of rotatable bonds is 4. The molecule has 0 spiro atoms. The Bertz CT molecular complexity index is 570. The maximum Gasteiger partial charge on any atom is 0.191 e. The quantitative estimate of drug-likeness (QED) is 0.409. The summed E-state index contributed by atoms with van der Waals surface area (Å²) in [4.78, 5) is 6.70. The topological polar surface area (TPSA) is 58.1 Å². The molecular weight excluding hydrogens is 431 g/mol. The lowest BCUT2D eigenvalue weighted by Gasteiger charge is -2.30. The number of likely N-dealkylation sites (tertiary alicyclic amines) is 1. The molecule has 2 unspecified atom stereocenters. The SMILES string of the molecule is CN=C(NCC1CCCN(C)C1)NCC1COc2ccccc2O1.I. The second-order valence-corrected chi connectivity index (χ2v) is 6.60. The van der Waals surface area contributed by atoms with Crippen molar-refractivity contribution in [1.82, 2.24) is 15.5 Å². The van der Waals surface area contributed by atoms with Crippen LogP contribution < -0.4 is 20.1 Å². The standard InChI is InChI=1S/C18H28N4O2.HI/c1-19-18(20-10-14-6-5-9-22(2)12-14)21-11-15-13-23-16-7-3-4-8-17(16)24-15;/h3-4,7-8,14-15H,5-6,9-13H2,1-2H3,(H2,19,20,21);1H. The molecule has 7 heteroatoms. The number of hydrogen-bond donors (Lipinski definition) is 2. The van der Waals surface area contributed by atoms with E-state index in [1.807, 2.05) is 24.3 Å². The van der Waals surface area contributed by atoms with Crippen LogP contribution in [0.4, 0.5) is 0 Å². The smallest absolute Gasteiger partial charge is 0.191 e. The number of nitrogens with one attached hydrogen (secondary N) is 2. The fourth-order valence-corrected chi connectivity index (χ4v) is 3.28. The molecule has 2 aliphatic heterocycles. The molecule has 1 fully saturated rings. The van der Waals surface area contributed by atoms with Gasteiger partial charge in [0.2, 0.25) is 0 Å². The lowest BCUT2D eigenvalue weighted by atomic mass is 9.99. The lowest BCUT2D eigenvalue weighted by molar-refractivity contribution is 0.0936. The largest absolute Gasteiger partial charge is 0.486 e. The van der Waals surface area contributed by atoms with Gasteiger partial charge < -0.3 is 25.0 Å². The van der Waals surface area contributed by atoms with Gasteiger partial charge in [0.05, 0.1) is 6.54 Å². The highest BCUT2D eigenvalue weighted by atomic mass is 127. The fourth-order valence-electron chi connectivity index (χ4n) is 3.28. The summed E-state index contributed by atoms with van der Waals surface area (Å²) in [5.41, 5.74) is 0. The number of ether oxygens (including phenoxy) is 2. The van der Waals surface area contributed by atoms with Crippen molar-refractivity contribution in [2.75, 3.05) is 46.9 Å². The van der Waals surface area contributed by atoms with Crippen molar-refractivity contribution in [3.05, 3.63) is 24.3 Å². The van der Waals surface area contributed by atoms with Crippen LogP contribution in [-0.4, -0.2) is 63.8 Å². The van der Waals surface area contributed by atoms with Crippen LogP contribution in [0.3, 0.4) is 0 Å². The van der Waals surface area contributed by atoms with Crippen molar-refractivity contribution in [3.63, 3.8) is 0 Å². The van der Waals surface area contributed by atoms with Gasteiger partial charge >= 0.3 is 0 Å². The number of guanidine groups is 1. The molecule has 6 nitrogen and oxygen atoms in total. The van der Waals surface area contributed by atoms with Crippen molar-refractivity contribution in [3.8, 4) is 11.5 Å². The summed E-state index contributed by atoms with van der Waals surface area (Å²) in [6.45, 7) is 4.53. The van der Waals surface area contributed by atoms with E-state index in [9.17, 15) is 0 Å². The summed E-state index contributed by atoms with van der Waals surface area (Å²) in [6.07, 6.45) is 2.55. The van der Waals surface area contributed by atoms with Gasteiger partial charge in [-0.15, -0.1) is 24.0 Å². The van der Waals surface area contributed by atoms with Crippen LogP contribution in [0.5, 0.6) is 11.5 Å². The Morgan fingerprint density at radius 2 is 2.00 bits per heavy atom. The molecule has 2 N–H and O–H groups in total. The van der Waals surface area contributed by atoms with Gasteiger partial charge in [0, 0.05) is 20.1 Å². The first kappa shape index (κ1) is 20.1. The molecule has 0 saturated carbocycles. The average Bonchev–Trinajstić information content (AvgIpc) is 2.62. The second-order valence-electron chi connectivity index (χ2n) is 6.60. The van der Waals surface area contributed by atoms with Crippen molar-refractivity contribution < 1.29 is 9.47 Å². The minimum absolute atomic E-state index is 0. The molecule has 0 bridgehead atoms. The molecule has 0 radical (unpaired) electrons.